The van der Waals surface area contributed by atoms with Gasteiger partial charge in [0.2, 0.25) is 0 Å². The van der Waals surface area contributed by atoms with Gasteiger partial charge in [-0.3, -0.25) is 4.79 Å². The number of rotatable bonds is 3. The van der Waals surface area contributed by atoms with E-state index in [1.165, 1.54) is 0 Å². The predicted octanol–water partition coefficient (Wildman–Crippen LogP) is 3.43. The van der Waals surface area contributed by atoms with Gasteiger partial charge in [-0.15, -0.1) is 0 Å². The fourth-order valence-electron chi connectivity index (χ4n) is 2.21. The average molecular weight is 230 g/mol. The van der Waals surface area contributed by atoms with Gasteiger partial charge in [-0.2, -0.15) is 0 Å². The number of carbonyl (C=O) groups excluding carboxylic acids is 1. The first-order valence-corrected chi connectivity index (χ1v) is 6.14. The van der Waals surface area contributed by atoms with Crippen molar-refractivity contribution >= 4 is 11.5 Å². The molecule has 0 fully saturated rings. The van der Waals surface area contributed by atoms with E-state index in [4.69, 9.17) is 4.74 Å². The highest BCUT2D eigenvalue weighted by Gasteiger charge is 2.28. The second kappa shape index (κ2) is 5.17. The predicted molar refractivity (Wildman–Crippen MR) is 68.4 cm³/mol. The van der Waals surface area contributed by atoms with Crippen LogP contribution in [0.1, 0.15) is 32.3 Å². The molecule has 2 nitrogen and oxygen atoms in total. The van der Waals surface area contributed by atoms with Gasteiger partial charge in [0.15, 0.2) is 0 Å². The van der Waals surface area contributed by atoms with Crippen LogP contribution in [-0.2, 0) is 9.53 Å². The Morgan fingerprint density at radius 2 is 2.00 bits per heavy atom. The maximum Gasteiger partial charge on any atom is 0.313 e. The first-order valence-electron chi connectivity index (χ1n) is 6.14. The van der Waals surface area contributed by atoms with Crippen LogP contribution >= 0.6 is 0 Å². The van der Waals surface area contributed by atoms with E-state index < -0.39 is 0 Å². The zero-order valence-corrected chi connectivity index (χ0v) is 10.3. The number of esters is 1. The van der Waals surface area contributed by atoms with Crippen molar-refractivity contribution in [2.24, 2.45) is 5.92 Å². The summed E-state index contributed by atoms with van der Waals surface area (Å²) in [4.78, 5) is 12.0. The summed E-state index contributed by atoms with van der Waals surface area (Å²) < 4.78 is 5.31. The van der Waals surface area contributed by atoms with Crippen LogP contribution in [0.15, 0.2) is 36.4 Å². The molecule has 2 rings (SSSR count). The first-order chi connectivity index (χ1) is 8.18. The van der Waals surface area contributed by atoms with Crippen molar-refractivity contribution in [2.45, 2.75) is 32.8 Å². The van der Waals surface area contributed by atoms with Crippen LogP contribution in [0, 0.1) is 5.92 Å². The lowest BCUT2D eigenvalue weighted by atomic mass is 9.95. The van der Waals surface area contributed by atoms with Gasteiger partial charge in [0, 0.05) is 0 Å². The molecule has 0 saturated heterocycles. The Labute approximate surface area is 102 Å². The van der Waals surface area contributed by atoms with Crippen molar-refractivity contribution in [3.63, 3.8) is 0 Å². The molecule has 0 bridgehead atoms. The maximum absolute atomic E-state index is 12.0. The highest BCUT2D eigenvalue weighted by molar-refractivity contribution is 5.89. The SMILES string of the molecule is CC(C)OC(=O)C1CCC=C1c1ccccc1. The topological polar surface area (TPSA) is 26.3 Å². The van der Waals surface area contributed by atoms with Crippen molar-refractivity contribution < 1.29 is 9.53 Å². The van der Waals surface area contributed by atoms with Gasteiger partial charge >= 0.3 is 5.97 Å². The van der Waals surface area contributed by atoms with Crippen molar-refractivity contribution in [1.82, 2.24) is 0 Å². The summed E-state index contributed by atoms with van der Waals surface area (Å²) in [6, 6.07) is 10.1. The van der Waals surface area contributed by atoms with Gasteiger partial charge in [0.1, 0.15) is 0 Å². The maximum atomic E-state index is 12.0. The van der Waals surface area contributed by atoms with E-state index in [0.717, 1.165) is 24.0 Å². The van der Waals surface area contributed by atoms with E-state index in [0.29, 0.717) is 0 Å². The van der Waals surface area contributed by atoms with Crippen LogP contribution in [0.4, 0.5) is 0 Å². The number of ether oxygens (including phenoxy) is 1. The smallest absolute Gasteiger partial charge is 0.313 e. The Balaban J connectivity index is 2.15. The summed E-state index contributed by atoms with van der Waals surface area (Å²) in [5, 5.41) is 0. The molecule has 1 aromatic carbocycles. The molecule has 0 radical (unpaired) electrons. The number of allylic oxidation sites excluding steroid dienone is 1. The third-order valence-electron chi connectivity index (χ3n) is 2.94. The third kappa shape index (κ3) is 2.76. The lowest BCUT2D eigenvalue weighted by Gasteiger charge is -2.16. The summed E-state index contributed by atoms with van der Waals surface area (Å²) in [5.74, 6) is -0.174. The second-order valence-corrected chi connectivity index (χ2v) is 4.64. The Kier molecular flexibility index (Phi) is 3.62. The molecule has 1 aliphatic carbocycles. The van der Waals surface area contributed by atoms with Gasteiger partial charge in [-0.05, 0) is 37.8 Å². The molecule has 17 heavy (non-hydrogen) atoms. The Bertz CT molecular complexity index is 418. The molecule has 0 amide bonds. The Morgan fingerprint density at radius 1 is 1.29 bits per heavy atom. The molecule has 0 aliphatic heterocycles. The van der Waals surface area contributed by atoms with Gasteiger partial charge in [0.05, 0.1) is 12.0 Å². The standard InChI is InChI=1S/C15H18O2/c1-11(2)17-15(16)14-10-6-9-13(14)12-7-4-3-5-8-12/h3-5,7-9,11,14H,6,10H2,1-2H3. The third-order valence-corrected chi connectivity index (χ3v) is 2.94. The highest BCUT2D eigenvalue weighted by atomic mass is 16.5. The number of hydrogen-bond acceptors (Lipinski definition) is 2. The first kappa shape index (κ1) is 11.9. The molecule has 0 saturated carbocycles. The van der Waals surface area contributed by atoms with E-state index in [2.05, 4.69) is 6.08 Å². The molecular weight excluding hydrogens is 212 g/mol. The zero-order valence-electron chi connectivity index (χ0n) is 10.3. The van der Waals surface area contributed by atoms with Crippen LogP contribution in [0.2, 0.25) is 0 Å². The van der Waals surface area contributed by atoms with Gasteiger partial charge in [0.25, 0.3) is 0 Å². The van der Waals surface area contributed by atoms with E-state index >= 15 is 0 Å². The van der Waals surface area contributed by atoms with E-state index in [1.807, 2.05) is 44.2 Å². The Morgan fingerprint density at radius 3 is 2.65 bits per heavy atom. The van der Waals surface area contributed by atoms with Gasteiger partial charge in [-0.1, -0.05) is 36.4 Å². The second-order valence-electron chi connectivity index (χ2n) is 4.64. The minimum atomic E-state index is -0.0902. The minimum Gasteiger partial charge on any atom is -0.463 e. The normalized spacial score (nSPS) is 19.2. The molecule has 0 heterocycles. The molecule has 2 heteroatoms. The minimum absolute atomic E-state index is 0.0416. The van der Waals surface area contributed by atoms with Gasteiger partial charge in [-0.25, -0.2) is 0 Å². The molecule has 1 aromatic rings. The monoisotopic (exact) mass is 230 g/mol. The number of hydrogen-bond donors (Lipinski definition) is 0. The van der Waals surface area contributed by atoms with Crippen LogP contribution in [0.5, 0.6) is 0 Å². The summed E-state index contributed by atoms with van der Waals surface area (Å²) in [5.41, 5.74) is 2.26. The van der Waals surface area contributed by atoms with Crippen LogP contribution < -0.4 is 0 Å². The molecule has 0 N–H and O–H groups in total. The van der Waals surface area contributed by atoms with Crippen molar-refractivity contribution in [3.05, 3.63) is 42.0 Å². The molecular formula is C15H18O2. The summed E-state index contributed by atoms with van der Waals surface area (Å²) >= 11 is 0. The van der Waals surface area contributed by atoms with Crippen molar-refractivity contribution in [3.8, 4) is 0 Å². The largest absolute Gasteiger partial charge is 0.463 e. The Hall–Kier alpha value is -1.57. The fourth-order valence-corrected chi connectivity index (χ4v) is 2.21. The van der Waals surface area contributed by atoms with E-state index in [1.54, 1.807) is 0 Å². The van der Waals surface area contributed by atoms with Crippen molar-refractivity contribution in [2.75, 3.05) is 0 Å². The molecule has 90 valence electrons. The lowest BCUT2D eigenvalue weighted by Crippen LogP contribution is -2.20. The van der Waals surface area contributed by atoms with Crippen molar-refractivity contribution in [1.29, 1.82) is 0 Å². The molecule has 0 aromatic heterocycles. The van der Waals surface area contributed by atoms with E-state index in [-0.39, 0.29) is 18.0 Å². The van der Waals surface area contributed by atoms with E-state index in [9.17, 15) is 4.79 Å². The summed E-state index contributed by atoms with van der Waals surface area (Å²) in [7, 11) is 0. The molecule has 0 spiro atoms. The average Bonchev–Trinajstić information content (AvgIpc) is 2.78. The molecule has 1 unspecified atom stereocenters. The van der Waals surface area contributed by atoms with Crippen LogP contribution in [0.25, 0.3) is 5.57 Å². The molecule has 1 aliphatic rings. The lowest BCUT2D eigenvalue weighted by molar-refractivity contribution is -0.150. The quantitative estimate of drug-likeness (QED) is 0.744. The number of benzene rings is 1. The fraction of sp³-hybridized carbons (Fsp3) is 0.400. The zero-order chi connectivity index (χ0) is 12.3. The summed E-state index contributed by atoms with van der Waals surface area (Å²) in [6.07, 6.45) is 3.94. The van der Waals surface area contributed by atoms with Crippen LogP contribution in [0.3, 0.4) is 0 Å². The number of carbonyl (C=O) groups is 1. The van der Waals surface area contributed by atoms with Gasteiger partial charge < -0.3 is 4.74 Å². The van der Waals surface area contributed by atoms with Crippen LogP contribution in [-0.4, -0.2) is 12.1 Å². The highest BCUT2D eigenvalue weighted by Crippen LogP contribution is 2.34. The molecule has 1 atom stereocenters. The summed E-state index contributed by atoms with van der Waals surface area (Å²) in [6.45, 7) is 3.78.